The van der Waals surface area contributed by atoms with Crippen LogP contribution in [0.3, 0.4) is 0 Å². The highest BCUT2D eigenvalue weighted by atomic mass is 32.1. The third-order valence-corrected chi connectivity index (χ3v) is 4.71. The number of hydrogen-bond acceptors (Lipinski definition) is 6. The molecular weight excluding hydrogens is 411 g/mol. The second-order valence-electron chi connectivity index (χ2n) is 5.92. The number of nitrogens with zero attached hydrogens (tertiary/aromatic N) is 2. The topological polar surface area (TPSA) is 82.4 Å². The van der Waals surface area contributed by atoms with E-state index in [1.807, 2.05) is 0 Å². The molecule has 0 bridgehead atoms. The van der Waals surface area contributed by atoms with E-state index >= 15 is 0 Å². The first-order valence-corrected chi connectivity index (χ1v) is 9.23. The van der Waals surface area contributed by atoms with Crippen LogP contribution in [-0.2, 0) is 22.3 Å². The Morgan fingerprint density at radius 3 is 2.79 bits per heavy atom. The molecule has 0 unspecified atom stereocenters. The monoisotopic (exact) mass is 427 g/mol. The number of carbonyl (C=O) groups is 1. The molecule has 0 fully saturated rings. The van der Waals surface area contributed by atoms with E-state index in [9.17, 15) is 22.8 Å². The molecule has 0 aliphatic carbocycles. The summed E-state index contributed by atoms with van der Waals surface area (Å²) in [5.41, 5.74) is -1.50. The number of hydrogen-bond donors (Lipinski definition) is 1. The minimum atomic E-state index is -4.59. The van der Waals surface area contributed by atoms with Gasteiger partial charge in [-0.3, -0.25) is 14.2 Å². The molecule has 3 rings (SSSR count). The third-order valence-electron chi connectivity index (χ3n) is 3.89. The second-order valence-corrected chi connectivity index (χ2v) is 6.81. The molecule has 7 nitrogen and oxygen atoms in total. The van der Waals surface area contributed by atoms with Gasteiger partial charge in [0, 0.05) is 7.11 Å². The zero-order chi connectivity index (χ0) is 21.0. The lowest BCUT2D eigenvalue weighted by Gasteiger charge is -2.15. The maximum absolute atomic E-state index is 13.0. The Kier molecular flexibility index (Phi) is 6.18. The van der Waals surface area contributed by atoms with Gasteiger partial charge in [0.2, 0.25) is 5.91 Å². The highest BCUT2D eigenvalue weighted by Gasteiger charge is 2.31. The van der Waals surface area contributed by atoms with Gasteiger partial charge in [0.25, 0.3) is 5.56 Å². The van der Waals surface area contributed by atoms with Crippen molar-refractivity contribution in [2.24, 2.45) is 0 Å². The molecule has 0 aliphatic rings. The molecule has 1 aromatic carbocycles. The van der Waals surface area contributed by atoms with Crippen LogP contribution in [0.25, 0.3) is 10.2 Å². The van der Waals surface area contributed by atoms with Gasteiger partial charge in [-0.15, -0.1) is 11.3 Å². The van der Waals surface area contributed by atoms with Crippen molar-refractivity contribution in [2.45, 2.75) is 12.7 Å². The number of ether oxygens (including phenoxy) is 2. The van der Waals surface area contributed by atoms with Crippen LogP contribution in [0, 0.1) is 0 Å². The average molecular weight is 427 g/mol. The van der Waals surface area contributed by atoms with E-state index in [4.69, 9.17) is 9.47 Å². The largest absolute Gasteiger partial charge is 0.489 e. The molecule has 0 aliphatic heterocycles. The molecule has 3 aromatic rings. The standard InChI is InChI=1S/C18H16F3N3O4S/c1-27-5-6-28-14-3-2-11(18(19,20)21)8-13(14)23-15(25)9-24-10-22-16-12(17(24)26)4-7-29-16/h2-4,7-8,10H,5-6,9H2,1H3,(H,23,25). The van der Waals surface area contributed by atoms with Crippen molar-refractivity contribution in [1.82, 2.24) is 9.55 Å². The zero-order valence-electron chi connectivity index (χ0n) is 15.2. The molecule has 154 valence electrons. The highest BCUT2D eigenvalue weighted by molar-refractivity contribution is 7.16. The third kappa shape index (κ3) is 4.93. The Morgan fingerprint density at radius 1 is 1.28 bits per heavy atom. The summed E-state index contributed by atoms with van der Waals surface area (Å²) >= 11 is 1.29. The van der Waals surface area contributed by atoms with E-state index in [0.717, 1.165) is 22.8 Å². The Labute approximate surface area is 166 Å². The number of halogens is 3. The Hall–Kier alpha value is -2.92. The number of methoxy groups -OCH3 is 1. The lowest BCUT2D eigenvalue weighted by molar-refractivity contribution is -0.137. The predicted molar refractivity (Wildman–Crippen MR) is 101 cm³/mol. The van der Waals surface area contributed by atoms with Crippen molar-refractivity contribution in [1.29, 1.82) is 0 Å². The van der Waals surface area contributed by atoms with E-state index in [-0.39, 0.29) is 24.7 Å². The quantitative estimate of drug-likeness (QED) is 0.586. The molecule has 0 spiro atoms. The van der Waals surface area contributed by atoms with Crippen molar-refractivity contribution in [3.8, 4) is 5.75 Å². The van der Waals surface area contributed by atoms with Gasteiger partial charge in [-0.05, 0) is 29.6 Å². The first-order valence-electron chi connectivity index (χ1n) is 8.35. The Balaban J connectivity index is 1.83. The number of amides is 1. The summed E-state index contributed by atoms with van der Waals surface area (Å²) in [6.07, 6.45) is -3.36. The molecule has 2 aromatic heterocycles. The Bertz CT molecular complexity index is 1080. The van der Waals surface area contributed by atoms with Crippen molar-refractivity contribution in [3.05, 3.63) is 51.9 Å². The Morgan fingerprint density at radius 2 is 2.07 bits per heavy atom. The molecule has 1 N–H and O–H groups in total. The fraction of sp³-hybridized carbons (Fsp3) is 0.278. The molecule has 0 atom stereocenters. The van der Waals surface area contributed by atoms with Crippen LogP contribution >= 0.6 is 11.3 Å². The van der Waals surface area contributed by atoms with Crippen molar-refractivity contribution < 1.29 is 27.4 Å². The second kappa shape index (κ2) is 8.62. The normalized spacial score (nSPS) is 11.6. The van der Waals surface area contributed by atoms with E-state index in [0.29, 0.717) is 10.2 Å². The predicted octanol–water partition coefficient (Wildman–Crippen LogP) is 3.14. The summed E-state index contributed by atoms with van der Waals surface area (Å²) in [4.78, 5) is 29.4. The molecule has 29 heavy (non-hydrogen) atoms. The van der Waals surface area contributed by atoms with E-state index in [1.165, 1.54) is 24.8 Å². The number of carbonyl (C=O) groups excluding carboxylic acids is 1. The first-order chi connectivity index (χ1) is 13.8. The number of rotatable bonds is 7. The average Bonchev–Trinajstić information content (AvgIpc) is 3.14. The molecule has 0 saturated heterocycles. The van der Waals surface area contributed by atoms with Crippen molar-refractivity contribution in [2.75, 3.05) is 25.6 Å². The molecule has 0 radical (unpaired) electrons. The van der Waals surface area contributed by atoms with Gasteiger partial charge >= 0.3 is 6.18 Å². The number of benzene rings is 1. The van der Waals surface area contributed by atoms with Crippen LogP contribution in [0.1, 0.15) is 5.56 Å². The summed E-state index contributed by atoms with van der Waals surface area (Å²) in [7, 11) is 1.45. The number of thiophene rings is 1. The van der Waals surface area contributed by atoms with Gasteiger partial charge in [0.05, 0.1) is 29.6 Å². The molecule has 2 heterocycles. The summed E-state index contributed by atoms with van der Waals surface area (Å²) in [6, 6.07) is 4.36. The molecule has 11 heteroatoms. The number of fused-ring (bicyclic) bond motifs is 1. The summed E-state index contributed by atoms with van der Waals surface area (Å²) < 4.78 is 50.4. The maximum atomic E-state index is 13.0. The lowest BCUT2D eigenvalue weighted by atomic mass is 10.1. The lowest BCUT2D eigenvalue weighted by Crippen LogP contribution is -2.27. The summed E-state index contributed by atoms with van der Waals surface area (Å²) in [5, 5.41) is 4.45. The van der Waals surface area contributed by atoms with Crippen molar-refractivity contribution in [3.63, 3.8) is 0 Å². The number of anilines is 1. The number of nitrogens with one attached hydrogen (secondary N) is 1. The van der Waals surface area contributed by atoms with Gasteiger partial charge in [-0.25, -0.2) is 4.98 Å². The van der Waals surface area contributed by atoms with E-state index < -0.39 is 29.8 Å². The SMILES string of the molecule is COCCOc1ccc(C(F)(F)F)cc1NC(=O)Cn1cnc2sccc2c1=O. The number of alkyl halides is 3. The fourth-order valence-corrected chi connectivity index (χ4v) is 3.24. The van der Waals surface area contributed by atoms with Crippen LogP contribution in [-0.4, -0.2) is 35.8 Å². The molecule has 0 saturated carbocycles. The highest BCUT2D eigenvalue weighted by Crippen LogP contribution is 2.35. The van der Waals surface area contributed by atoms with Gasteiger partial charge in [-0.1, -0.05) is 0 Å². The van der Waals surface area contributed by atoms with Crippen LogP contribution in [0.15, 0.2) is 40.8 Å². The first kappa shape index (κ1) is 20.8. The minimum Gasteiger partial charge on any atom is -0.489 e. The van der Waals surface area contributed by atoms with Gasteiger partial charge < -0.3 is 14.8 Å². The zero-order valence-corrected chi connectivity index (χ0v) is 16.0. The van der Waals surface area contributed by atoms with Crippen LogP contribution in [0.4, 0.5) is 18.9 Å². The fourth-order valence-electron chi connectivity index (χ4n) is 2.52. The molecular formula is C18H16F3N3O4S. The van der Waals surface area contributed by atoms with Gasteiger partial charge in [-0.2, -0.15) is 13.2 Å². The van der Waals surface area contributed by atoms with Crippen LogP contribution in [0.2, 0.25) is 0 Å². The van der Waals surface area contributed by atoms with E-state index in [1.54, 1.807) is 11.4 Å². The van der Waals surface area contributed by atoms with Crippen molar-refractivity contribution >= 4 is 33.1 Å². The number of aromatic nitrogens is 2. The van der Waals surface area contributed by atoms with Crippen LogP contribution < -0.4 is 15.6 Å². The van der Waals surface area contributed by atoms with Gasteiger partial charge in [0.15, 0.2) is 0 Å². The van der Waals surface area contributed by atoms with E-state index in [2.05, 4.69) is 10.3 Å². The van der Waals surface area contributed by atoms with Gasteiger partial charge in [0.1, 0.15) is 23.7 Å². The minimum absolute atomic E-state index is 0.0576. The summed E-state index contributed by atoms with van der Waals surface area (Å²) in [5.74, 6) is -0.637. The summed E-state index contributed by atoms with van der Waals surface area (Å²) in [6.45, 7) is -0.107. The maximum Gasteiger partial charge on any atom is 0.416 e. The molecule has 1 amide bonds. The van der Waals surface area contributed by atoms with Crippen LogP contribution in [0.5, 0.6) is 5.75 Å². The smallest absolute Gasteiger partial charge is 0.416 e.